The van der Waals surface area contributed by atoms with Gasteiger partial charge in [0.25, 0.3) is 0 Å². The first kappa shape index (κ1) is 19.9. The summed E-state index contributed by atoms with van der Waals surface area (Å²) < 4.78 is 20.5. The molecule has 9 heteroatoms. The molecule has 1 saturated heterocycles. The molecule has 2 aliphatic heterocycles. The van der Waals surface area contributed by atoms with E-state index in [1.54, 1.807) is 13.8 Å². The lowest BCUT2D eigenvalue weighted by atomic mass is 10.2. The van der Waals surface area contributed by atoms with Gasteiger partial charge in [0.15, 0.2) is 11.5 Å². The summed E-state index contributed by atoms with van der Waals surface area (Å²) in [6, 6.07) is 5.26. The molecule has 1 fully saturated rings. The predicted octanol–water partition coefficient (Wildman–Crippen LogP) is 0.554. The van der Waals surface area contributed by atoms with E-state index in [0.29, 0.717) is 24.6 Å². The van der Waals surface area contributed by atoms with Gasteiger partial charge in [0, 0.05) is 13.1 Å². The molecule has 0 saturated carbocycles. The van der Waals surface area contributed by atoms with Crippen LogP contribution in [-0.4, -0.2) is 73.3 Å². The minimum absolute atomic E-state index is 0.208. The lowest BCUT2D eigenvalue weighted by molar-refractivity contribution is -0.154. The first-order valence-electron chi connectivity index (χ1n) is 9.24. The number of hydrogen-bond acceptors (Lipinski definition) is 8. The molecular weight excluding hydrogens is 368 g/mol. The van der Waals surface area contributed by atoms with E-state index in [-0.39, 0.29) is 45.0 Å². The second-order valence-electron chi connectivity index (χ2n) is 6.44. The van der Waals surface area contributed by atoms with Gasteiger partial charge in [0.1, 0.15) is 19.1 Å². The number of carbonyl (C=O) groups is 3. The van der Waals surface area contributed by atoms with Crippen LogP contribution in [0.4, 0.5) is 0 Å². The molecule has 0 N–H and O–H groups in total. The molecule has 1 aromatic rings. The van der Waals surface area contributed by atoms with Gasteiger partial charge in [-0.05, 0) is 31.5 Å². The van der Waals surface area contributed by atoms with Gasteiger partial charge in [-0.25, -0.2) is 0 Å². The smallest absolute Gasteiger partial charge is 0.325 e. The summed E-state index contributed by atoms with van der Waals surface area (Å²) >= 11 is 0. The molecule has 0 bridgehead atoms. The molecule has 2 unspecified atom stereocenters. The zero-order valence-electron chi connectivity index (χ0n) is 16.0. The van der Waals surface area contributed by atoms with E-state index in [1.165, 1.54) is 4.90 Å². The van der Waals surface area contributed by atoms with Crippen LogP contribution < -0.4 is 9.47 Å². The van der Waals surface area contributed by atoms with E-state index in [0.717, 1.165) is 5.56 Å². The van der Waals surface area contributed by atoms with E-state index < -0.39 is 11.9 Å². The molecule has 0 radical (unpaired) electrons. The fourth-order valence-electron chi connectivity index (χ4n) is 3.01. The Bertz CT molecular complexity index is 732. The molecule has 2 heterocycles. The van der Waals surface area contributed by atoms with Crippen molar-refractivity contribution in [1.82, 2.24) is 9.80 Å². The first-order chi connectivity index (χ1) is 13.5. The van der Waals surface area contributed by atoms with Crippen LogP contribution in [0.1, 0.15) is 19.4 Å². The minimum atomic E-state index is -0.553. The van der Waals surface area contributed by atoms with Crippen molar-refractivity contribution in [3.8, 4) is 11.5 Å². The fourth-order valence-corrected chi connectivity index (χ4v) is 3.01. The number of esters is 2. The lowest BCUT2D eigenvalue weighted by Crippen LogP contribution is -2.43. The van der Waals surface area contributed by atoms with Crippen molar-refractivity contribution in [3.05, 3.63) is 23.8 Å². The van der Waals surface area contributed by atoms with Gasteiger partial charge in [0.2, 0.25) is 12.7 Å². The molecule has 1 aromatic carbocycles. The molecule has 1 amide bonds. The normalized spacial score (nSPS) is 19.1. The largest absolute Gasteiger partial charge is 0.465 e. The first-order valence-corrected chi connectivity index (χ1v) is 9.24. The second kappa shape index (κ2) is 8.92. The van der Waals surface area contributed by atoms with Crippen molar-refractivity contribution in [2.24, 2.45) is 0 Å². The number of nitrogens with zero attached hydrogens (tertiary/aromatic N) is 2. The molecular formula is C19H24N2O7. The lowest BCUT2D eigenvalue weighted by Gasteiger charge is -2.20. The summed E-state index contributed by atoms with van der Waals surface area (Å²) in [5.74, 6) is -0.00112. The Morgan fingerprint density at radius 1 is 1.07 bits per heavy atom. The number of ether oxygens (including phenoxy) is 4. The molecule has 9 nitrogen and oxygen atoms in total. The highest BCUT2D eigenvalue weighted by molar-refractivity contribution is 5.90. The molecule has 0 spiro atoms. The second-order valence-corrected chi connectivity index (χ2v) is 6.44. The SMILES string of the molecule is CCOC(=O)CN(CC(=O)OCC)C(=O)C1CN1Cc1ccc2c(c1)OCO2. The quantitative estimate of drug-likeness (QED) is 0.444. The Balaban J connectivity index is 1.59. The van der Waals surface area contributed by atoms with Crippen LogP contribution in [0.25, 0.3) is 0 Å². The van der Waals surface area contributed by atoms with Crippen LogP contribution in [0, 0.1) is 0 Å². The van der Waals surface area contributed by atoms with E-state index in [2.05, 4.69) is 0 Å². The van der Waals surface area contributed by atoms with Crippen LogP contribution in [0.3, 0.4) is 0 Å². The zero-order valence-corrected chi connectivity index (χ0v) is 16.0. The van der Waals surface area contributed by atoms with E-state index in [9.17, 15) is 14.4 Å². The Labute approximate surface area is 163 Å². The number of benzene rings is 1. The van der Waals surface area contributed by atoms with Gasteiger partial charge in [0.05, 0.1) is 13.2 Å². The maximum absolute atomic E-state index is 12.8. The molecule has 152 valence electrons. The summed E-state index contributed by atoms with van der Waals surface area (Å²) in [5, 5.41) is 0. The highest BCUT2D eigenvalue weighted by atomic mass is 16.7. The van der Waals surface area contributed by atoms with Crippen LogP contribution in [-0.2, 0) is 30.4 Å². The van der Waals surface area contributed by atoms with Crippen molar-refractivity contribution in [2.45, 2.75) is 26.4 Å². The molecule has 2 aliphatic rings. The Kier molecular flexibility index (Phi) is 6.35. The summed E-state index contributed by atoms with van der Waals surface area (Å²) in [5.41, 5.74) is 0.988. The maximum Gasteiger partial charge on any atom is 0.325 e. The number of carbonyl (C=O) groups excluding carboxylic acids is 3. The Hall–Kier alpha value is -2.81. The van der Waals surface area contributed by atoms with Crippen molar-refractivity contribution in [2.75, 3.05) is 39.6 Å². The predicted molar refractivity (Wildman–Crippen MR) is 96.6 cm³/mol. The third-order valence-corrected chi connectivity index (χ3v) is 4.38. The number of hydrogen-bond donors (Lipinski definition) is 0. The molecule has 28 heavy (non-hydrogen) atoms. The van der Waals surface area contributed by atoms with Crippen LogP contribution in [0.15, 0.2) is 18.2 Å². The number of amides is 1. The highest BCUT2D eigenvalue weighted by Gasteiger charge is 2.43. The fraction of sp³-hybridized carbons (Fsp3) is 0.526. The molecule has 3 rings (SSSR count). The standard InChI is InChI=1S/C19H24N2O7/c1-3-25-17(22)10-21(11-18(23)26-4-2)19(24)14-9-20(14)8-13-5-6-15-16(7-13)28-12-27-15/h5-7,14H,3-4,8-12H2,1-2H3. The van der Waals surface area contributed by atoms with Gasteiger partial charge in [-0.3, -0.25) is 19.3 Å². The Morgan fingerprint density at radius 2 is 1.71 bits per heavy atom. The molecule has 0 aromatic heterocycles. The van der Waals surface area contributed by atoms with Crippen molar-refractivity contribution in [3.63, 3.8) is 0 Å². The summed E-state index contributed by atoms with van der Waals surface area (Å²) in [4.78, 5) is 39.6. The topological polar surface area (TPSA) is 94.4 Å². The minimum Gasteiger partial charge on any atom is -0.465 e. The van der Waals surface area contributed by atoms with E-state index in [4.69, 9.17) is 18.9 Å². The summed E-state index contributed by atoms with van der Waals surface area (Å²) in [6.07, 6.45) is 0. The van der Waals surface area contributed by atoms with Gasteiger partial charge in [-0.2, -0.15) is 0 Å². The average molecular weight is 392 g/mol. The summed E-state index contributed by atoms with van der Waals surface area (Å²) in [7, 11) is 0. The molecule has 2 atom stereocenters. The maximum atomic E-state index is 12.8. The number of rotatable bonds is 9. The summed E-state index contributed by atoms with van der Waals surface area (Å²) in [6.45, 7) is 4.54. The van der Waals surface area contributed by atoms with Crippen molar-refractivity contribution < 1.29 is 33.3 Å². The van der Waals surface area contributed by atoms with Gasteiger partial charge >= 0.3 is 11.9 Å². The van der Waals surface area contributed by atoms with Crippen molar-refractivity contribution in [1.29, 1.82) is 0 Å². The zero-order chi connectivity index (χ0) is 20.1. The van der Waals surface area contributed by atoms with Crippen LogP contribution in [0.2, 0.25) is 0 Å². The Morgan fingerprint density at radius 3 is 2.36 bits per heavy atom. The third kappa shape index (κ3) is 4.92. The van der Waals surface area contributed by atoms with E-state index >= 15 is 0 Å². The highest BCUT2D eigenvalue weighted by Crippen LogP contribution is 2.34. The van der Waals surface area contributed by atoms with Crippen LogP contribution >= 0.6 is 0 Å². The van der Waals surface area contributed by atoms with Gasteiger partial charge in [-0.1, -0.05) is 6.07 Å². The van der Waals surface area contributed by atoms with Gasteiger partial charge < -0.3 is 23.8 Å². The van der Waals surface area contributed by atoms with Crippen LogP contribution in [0.5, 0.6) is 11.5 Å². The third-order valence-electron chi connectivity index (χ3n) is 4.38. The monoisotopic (exact) mass is 392 g/mol. The van der Waals surface area contributed by atoms with Gasteiger partial charge in [-0.15, -0.1) is 0 Å². The van der Waals surface area contributed by atoms with Crippen molar-refractivity contribution >= 4 is 17.8 Å². The van der Waals surface area contributed by atoms with E-state index in [1.807, 2.05) is 23.1 Å². The molecule has 0 aliphatic carbocycles. The average Bonchev–Trinajstić information content (AvgIpc) is 3.25. The number of fused-ring (bicyclic) bond motifs is 1.